The second kappa shape index (κ2) is 3.59. The van der Waals surface area contributed by atoms with E-state index in [9.17, 15) is 4.39 Å². The van der Waals surface area contributed by atoms with Crippen LogP contribution in [-0.2, 0) is 0 Å². The molecule has 1 fully saturated rings. The summed E-state index contributed by atoms with van der Waals surface area (Å²) in [5, 5.41) is 7.14. The van der Waals surface area contributed by atoms with E-state index in [1.807, 2.05) is 6.07 Å². The van der Waals surface area contributed by atoms with Gasteiger partial charge >= 0.3 is 0 Å². The fourth-order valence-corrected chi connectivity index (χ4v) is 1.58. The van der Waals surface area contributed by atoms with Gasteiger partial charge in [-0.1, -0.05) is 0 Å². The van der Waals surface area contributed by atoms with Gasteiger partial charge in [-0.15, -0.1) is 0 Å². The van der Waals surface area contributed by atoms with Gasteiger partial charge in [-0.25, -0.2) is 14.1 Å². The van der Waals surface area contributed by atoms with Gasteiger partial charge in [-0.05, 0) is 31.0 Å². The molecule has 0 aliphatic heterocycles. The summed E-state index contributed by atoms with van der Waals surface area (Å²) in [6.45, 7) is 0. The molecule has 0 saturated heterocycles. The average molecular weight is 218 g/mol. The molecule has 2 aromatic rings. The van der Waals surface area contributed by atoms with E-state index in [-0.39, 0.29) is 5.82 Å². The van der Waals surface area contributed by atoms with Crippen molar-refractivity contribution >= 4 is 5.69 Å². The summed E-state index contributed by atoms with van der Waals surface area (Å²) in [5.74, 6) is -0.295. The highest BCUT2D eigenvalue weighted by Gasteiger charge is 2.21. The van der Waals surface area contributed by atoms with E-state index < -0.39 is 0 Å². The highest BCUT2D eigenvalue weighted by molar-refractivity contribution is 5.50. The number of halogens is 1. The van der Waals surface area contributed by atoms with Gasteiger partial charge in [0.05, 0.1) is 0 Å². The second-order valence-electron chi connectivity index (χ2n) is 3.92. The molecule has 1 N–H and O–H groups in total. The molecule has 1 aliphatic rings. The largest absolute Gasteiger partial charge is 0.382 e. The van der Waals surface area contributed by atoms with Crippen molar-refractivity contribution in [3.05, 3.63) is 36.7 Å². The van der Waals surface area contributed by atoms with Crippen molar-refractivity contribution in [2.75, 3.05) is 5.32 Å². The summed E-state index contributed by atoms with van der Waals surface area (Å²) < 4.78 is 15.2. The molecule has 1 aromatic carbocycles. The van der Waals surface area contributed by atoms with Crippen molar-refractivity contribution in [3.8, 4) is 5.69 Å². The Morgan fingerprint density at radius 3 is 2.88 bits per heavy atom. The lowest BCUT2D eigenvalue weighted by molar-refractivity contribution is 0.611. The van der Waals surface area contributed by atoms with Crippen LogP contribution in [0.15, 0.2) is 30.9 Å². The zero-order valence-corrected chi connectivity index (χ0v) is 8.60. The van der Waals surface area contributed by atoms with Crippen LogP contribution in [0.3, 0.4) is 0 Å². The monoisotopic (exact) mass is 218 g/mol. The fraction of sp³-hybridized carbons (Fsp3) is 0.273. The van der Waals surface area contributed by atoms with Gasteiger partial charge in [0.15, 0.2) is 5.82 Å². The van der Waals surface area contributed by atoms with Gasteiger partial charge in [0.25, 0.3) is 0 Å². The highest BCUT2D eigenvalue weighted by Crippen LogP contribution is 2.26. The van der Waals surface area contributed by atoms with Crippen LogP contribution in [0.4, 0.5) is 10.1 Å². The lowest BCUT2D eigenvalue weighted by Gasteiger charge is -2.07. The third kappa shape index (κ3) is 1.76. The Bertz CT molecular complexity index is 491. The zero-order valence-electron chi connectivity index (χ0n) is 8.60. The van der Waals surface area contributed by atoms with Gasteiger partial charge in [0, 0.05) is 11.7 Å². The maximum Gasteiger partial charge on any atom is 0.150 e. The number of anilines is 1. The standard InChI is InChI=1S/C11H11FN4/c12-10-5-9(15-8-1-2-8)3-4-11(10)16-7-13-6-14-16/h3-8,15H,1-2H2. The van der Waals surface area contributed by atoms with Gasteiger partial charge in [-0.3, -0.25) is 0 Å². The molecule has 1 saturated carbocycles. The second-order valence-corrected chi connectivity index (χ2v) is 3.92. The number of hydrogen-bond acceptors (Lipinski definition) is 3. The number of benzene rings is 1. The Kier molecular flexibility index (Phi) is 2.09. The van der Waals surface area contributed by atoms with Gasteiger partial charge in [0.2, 0.25) is 0 Å². The van der Waals surface area contributed by atoms with Crippen LogP contribution >= 0.6 is 0 Å². The van der Waals surface area contributed by atoms with Crippen LogP contribution < -0.4 is 5.32 Å². The molecule has 5 heteroatoms. The van der Waals surface area contributed by atoms with E-state index in [0.29, 0.717) is 11.7 Å². The first-order chi connectivity index (χ1) is 7.83. The summed E-state index contributed by atoms with van der Waals surface area (Å²) >= 11 is 0. The van der Waals surface area contributed by atoms with Crippen molar-refractivity contribution in [2.24, 2.45) is 0 Å². The quantitative estimate of drug-likeness (QED) is 0.856. The molecule has 1 aromatic heterocycles. The van der Waals surface area contributed by atoms with Crippen molar-refractivity contribution in [1.29, 1.82) is 0 Å². The van der Waals surface area contributed by atoms with E-state index in [1.165, 1.54) is 36.2 Å². The first-order valence-corrected chi connectivity index (χ1v) is 5.24. The van der Waals surface area contributed by atoms with Crippen molar-refractivity contribution in [3.63, 3.8) is 0 Å². The minimum atomic E-state index is -0.295. The molecule has 82 valence electrons. The first kappa shape index (κ1) is 9.33. The van der Waals surface area contributed by atoms with Crippen LogP contribution in [0.2, 0.25) is 0 Å². The highest BCUT2D eigenvalue weighted by atomic mass is 19.1. The van der Waals surface area contributed by atoms with Gasteiger partial charge in [-0.2, -0.15) is 5.10 Å². The van der Waals surface area contributed by atoms with E-state index in [0.717, 1.165) is 5.69 Å². The summed E-state index contributed by atoms with van der Waals surface area (Å²) in [4.78, 5) is 3.79. The Hall–Kier alpha value is -1.91. The van der Waals surface area contributed by atoms with Crippen molar-refractivity contribution in [1.82, 2.24) is 14.8 Å². The number of hydrogen-bond donors (Lipinski definition) is 1. The maximum absolute atomic E-state index is 13.8. The minimum absolute atomic E-state index is 0.295. The number of nitrogens with one attached hydrogen (secondary N) is 1. The summed E-state index contributed by atoms with van der Waals surface area (Å²) in [5.41, 5.74) is 1.24. The molecule has 0 bridgehead atoms. The smallest absolute Gasteiger partial charge is 0.150 e. The molecule has 1 heterocycles. The molecule has 0 radical (unpaired) electrons. The number of nitrogens with zero attached hydrogens (tertiary/aromatic N) is 3. The van der Waals surface area contributed by atoms with Crippen LogP contribution in [-0.4, -0.2) is 20.8 Å². The van der Waals surface area contributed by atoms with Crippen molar-refractivity contribution in [2.45, 2.75) is 18.9 Å². The Morgan fingerprint density at radius 1 is 1.38 bits per heavy atom. The molecular formula is C11H11FN4. The maximum atomic E-state index is 13.8. The molecule has 1 aliphatic carbocycles. The SMILES string of the molecule is Fc1cc(NC2CC2)ccc1-n1cncn1. The molecule has 4 nitrogen and oxygen atoms in total. The topological polar surface area (TPSA) is 42.7 Å². The third-order valence-corrected chi connectivity index (χ3v) is 2.56. The van der Waals surface area contributed by atoms with E-state index in [1.54, 1.807) is 6.07 Å². The fourth-order valence-electron chi connectivity index (χ4n) is 1.58. The Morgan fingerprint density at radius 2 is 2.25 bits per heavy atom. The van der Waals surface area contributed by atoms with E-state index in [2.05, 4.69) is 15.4 Å². The summed E-state index contributed by atoms with van der Waals surface area (Å²) in [7, 11) is 0. The lowest BCUT2D eigenvalue weighted by Crippen LogP contribution is -2.03. The number of rotatable bonds is 3. The molecule has 0 unspecified atom stereocenters. The lowest BCUT2D eigenvalue weighted by atomic mass is 10.2. The van der Waals surface area contributed by atoms with Crippen molar-refractivity contribution < 1.29 is 4.39 Å². The Labute approximate surface area is 92.1 Å². The Balaban J connectivity index is 1.90. The molecular weight excluding hydrogens is 207 g/mol. The van der Waals surface area contributed by atoms with E-state index in [4.69, 9.17) is 0 Å². The van der Waals surface area contributed by atoms with Crippen LogP contribution in [0.5, 0.6) is 0 Å². The minimum Gasteiger partial charge on any atom is -0.382 e. The molecule has 0 spiro atoms. The van der Waals surface area contributed by atoms with Gasteiger partial charge in [0.1, 0.15) is 18.3 Å². The first-order valence-electron chi connectivity index (χ1n) is 5.24. The predicted molar refractivity (Wildman–Crippen MR) is 58.0 cm³/mol. The zero-order chi connectivity index (χ0) is 11.0. The average Bonchev–Trinajstić information content (AvgIpc) is 2.92. The van der Waals surface area contributed by atoms with E-state index >= 15 is 0 Å². The number of aromatic nitrogens is 3. The summed E-state index contributed by atoms with van der Waals surface area (Å²) in [6.07, 6.45) is 5.21. The molecule has 3 rings (SSSR count). The molecule has 0 atom stereocenters. The molecule has 16 heavy (non-hydrogen) atoms. The van der Waals surface area contributed by atoms with Crippen LogP contribution in [0.25, 0.3) is 5.69 Å². The van der Waals surface area contributed by atoms with Gasteiger partial charge < -0.3 is 5.32 Å². The normalized spacial score (nSPS) is 15.1. The molecule has 0 amide bonds. The van der Waals surface area contributed by atoms with Crippen LogP contribution in [0.1, 0.15) is 12.8 Å². The predicted octanol–water partition coefficient (Wildman–Crippen LogP) is 1.98. The summed E-state index contributed by atoms with van der Waals surface area (Å²) in [6, 6.07) is 5.58. The van der Waals surface area contributed by atoms with Crippen LogP contribution in [0, 0.1) is 5.82 Å². The third-order valence-electron chi connectivity index (χ3n) is 2.56.